The van der Waals surface area contributed by atoms with Crippen molar-refractivity contribution in [3.63, 3.8) is 0 Å². The summed E-state index contributed by atoms with van der Waals surface area (Å²) < 4.78 is 10.4. The Morgan fingerprint density at radius 2 is 2.21 bits per heavy atom. The van der Waals surface area contributed by atoms with Crippen LogP contribution in [0.1, 0.15) is 17.3 Å². The van der Waals surface area contributed by atoms with Gasteiger partial charge in [-0.15, -0.1) is 0 Å². The number of ketones is 1. The third-order valence-corrected chi connectivity index (χ3v) is 2.49. The van der Waals surface area contributed by atoms with Gasteiger partial charge in [-0.3, -0.25) is 4.79 Å². The van der Waals surface area contributed by atoms with Crippen LogP contribution in [0.2, 0.25) is 0 Å². The van der Waals surface area contributed by atoms with Gasteiger partial charge in [-0.2, -0.15) is 4.57 Å². The van der Waals surface area contributed by atoms with Gasteiger partial charge >= 0.3 is 11.8 Å². The average Bonchev–Trinajstić information content (AvgIpc) is 2.70. The molecule has 0 aliphatic rings. The summed E-state index contributed by atoms with van der Waals surface area (Å²) in [5.74, 6) is -1.04. The predicted octanol–water partition coefficient (Wildman–Crippen LogP) is 1.97. The lowest BCUT2D eigenvalue weighted by molar-refractivity contribution is 0.101. The van der Waals surface area contributed by atoms with Crippen LogP contribution in [0.5, 0.6) is 0 Å². The molecule has 0 unspecified atom stereocenters. The number of carbonyl (C=O) groups is 2. The second-order valence-corrected chi connectivity index (χ2v) is 3.81. The zero-order valence-electron chi connectivity index (χ0n) is 10.2. The number of hydrogen-bond acceptors (Lipinski definition) is 5. The Morgan fingerprint density at radius 3 is 2.84 bits per heavy atom. The predicted molar refractivity (Wildman–Crippen MR) is 67.4 cm³/mol. The van der Waals surface area contributed by atoms with Gasteiger partial charge < -0.3 is 9.15 Å². The summed E-state index contributed by atoms with van der Waals surface area (Å²) in [6, 6.07) is 4.40. The summed E-state index contributed by atoms with van der Waals surface area (Å²) in [5.41, 5.74) is 0.788. The molecule has 0 saturated heterocycles. The monoisotopic (exact) mass is 261 g/mol. The smallest absolute Gasteiger partial charge is 0.429 e. The zero-order chi connectivity index (χ0) is 14.0. The van der Waals surface area contributed by atoms with E-state index in [1.165, 1.54) is 31.2 Å². The molecule has 1 aromatic carbocycles. The lowest BCUT2D eigenvalue weighted by Gasteiger charge is -2.01. The maximum absolute atomic E-state index is 11.7. The van der Waals surface area contributed by atoms with Crippen LogP contribution < -0.4 is 5.76 Å². The standard InChI is InChI=1S/C13H11NO5/c1-3-6-18-12(16)14-10-7-9(8(2)15)4-5-11(10)19-13(14)17/h3-5,7H,1,6H2,2H3. The molecule has 0 atom stereocenters. The Labute approximate surface area is 107 Å². The van der Waals surface area contributed by atoms with E-state index in [1.807, 2.05) is 0 Å². The molecule has 0 radical (unpaired) electrons. The minimum atomic E-state index is -0.871. The van der Waals surface area contributed by atoms with Crippen LogP contribution in [0.3, 0.4) is 0 Å². The van der Waals surface area contributed by atoms with Gasteiger partial charge in [0.1, 0.15) is 12.1 Å². The van der Waals surface area contributed by atoms with Crippen molar-refractivity contribution in [1.82, 2.24) is 4.57 Å². The van der Waals surface area contributed by atoms with Crippen molar-refractivity contribution in [1.29, 1.82) is 0 Å². The van der Waals surface area contributed by atoms with Gasteiger partial charge in [-0.05, 0) is 25.1 Å². The van der Waals surface area contributed by atoms with Gasteiger partial charge in [0.05, 0.1) is 0 Å². The van der Waals surface area contributed by atoms with Crippen molar-refractivity contribution in [2.75, 3.05) is 6.61 Å². The van der Waals surface area contributed by atoms with Gasteiger partial charge in [0.15, 0.2) is 11.4 Å². The number of ether oxygens (including phenoxy) is 1. The highest BCUT2D eigenvalue weighted by molar-refractivity contribution is 5.98. The molecule has 2 aromatic rings. The van der Waals surface area contributed by atoms with E-state index in [1.54, 1.807) is 0 Å². The first-order valence-corrected chi connectivity index (χ1v) is 5.49. The summed E-state index contributed by atoms with van der Waals surface area (Å²) in [6.07, 6.45) is 0.510. The molecule has 0 aliphatic heterocycles. The van der Waals surface area contributed by atoms with Crippen molar-refractivity contribution in [3.05, 3.63) is 47.0 Å². The van der Waals surface area contributed by atoms with Crippen molar-refractivity contribution >= 4 is 23.0 Å². The molecule has 0 aliphatic carbocycles. The second kappa shape index (κ2) is 4.93. The van der Waals surface area contributed by atoms with Gasteiger partial charge in [0.25, 0.3) is 0 Å². The average molecular weight is 261 g/mol. The van der Waals surface area contributed by atoms with Crippen LogP contribution in [0.4, 0.5) is 4.79 Å². The van der Waals surface area contributed by atoms with Gasteiger partial charge in [-0.1, -0.05) is 12.7 Å². The molecule has 1 aromatic heterocycles. The number of benzene rings is 1. The first kappa shape index (κ1) is 12.8. The summed E-state index contributed by atoms with van der Waals surface area (Å²) in [7, 11) is 0. The largest absolute Gasteiger partial charge is 0.445 e. The van der Waals surface area contributed by atoms with E-state index in [9.17, 15) is 14.4 Å². The lowest BCUT2D eigenvalue weighted by atomic mass is 10.1. The molecule has 0 fully saturated rings. The fourth-order valence-corrected chi connectivity index (χ4v) is 1.60. The maximum Gasteiger partial charge on any atom is 0.429 e. The van der Waals surface area contributed by atoms with E-state index in [-0.39, 0.29) is 23.5 Å². The van der Waals surface area contributed by atoms with Crippen LogP contribution in [0.25, 0.3) is 11.1 Å². The van der Waals surface area contributed by atoms with Crippen LogP contribution in [-0.4, -0.2) is 23.1 Å². The third kappa shape index (κ3) is 2.33. The highest BCUT2D eigenvalue weighted by atomic mass is 16.6. The molecule has 98 valence electrons. The molecule has 0 N–H and O–H groups in total. The fraction of sp³-hybridized carbons (Fsp3) is 0.154. The molecule has 0 spiro atoms. The lowest BCUT2D eigenvalue weighted by Crippen LogP contribution is -2.24. The van der Waals surface area contributed by atoms with Crippen molar-refractivity contribution < 1.29 is 18.7 Å². The number of Topliss-reactive ketones (excluding diaryl/α,β-unsaturated/α-hetero) is 1. The number of oxazole rings is 1. The minimum Gasteiger partial charge on any atom is -0.445 e. The van der Waals surface area contributed by atoms with E-state index in [0.717, 1.165) is 4.57 Å². The molecule has 2 rings (SSSR count). The van der Waals surface area contributed by atoms with Crippen molar-refractivity contribution in [3.8, 4) is 0 Å². The summed E-state index contributed by atoms with van der Waals surface area (Å²) in [4.78, 5) is 34.6. The quantitative estimate of drug-likeness (QED) is 0.623. The van der Waals surface area contributed by atoms with Crippen LogP contribution >= 0.6 is 0 Å². The first-order chi connectivity index (χ1) is 9.04. The molecule has 19 heavy (non-hydrogen) atoms. The van der Waals surface area contributed by atoms with Crippen LogP contribution in [0.15, 0.2) is 40.1 Å². The fourth-order valence-electron chi connectivity index (χ4n) is 1.60. The van der Waals surface area contributed by atoms with E-state index in [4.69, 9.17) is 9.15 Å². The Morgan fingerprint density at radius 1 is 1.47 bits per heavy atom. The van der Waals surface area contributed by atoms with Gasteiger partial charge in [0, 0.05) is 5.56 Å². The molecule has 0 saturated carbocycles. The molecular formula is C13H11NO5. The van der Waals surface area contributed by atoms with Crippen molar-refractivity contribution in [2.45, 2.75) is 6.92 Å². The molecule has 6 nitrogen and oxygen atoms in total. The number of aromatic nitrogens is 1. The third-order valence-electron chi connectivity index (χ3n) is 2.49. The van der Waals surface area contributed by atoms with E-state index >= 15 is 0 Å². The van der Waals surface area contributed by atoms with Crippen LogP contribution in [-0.2, 0) is 4.74 Å². The van der Waals surface area contributed by atoms with Gasteiger partial charge in [0.2, 0.25) is 0 Å². The first-order valence-electron chi connectivity index (χ1n) is 5.49. The summed E-state index contributed by atoms with van der Waals surface area (Å²) >= 11 is 0. The van der Waals surface area contributed by atoms with E-state index in [2.05, 4.69) is 6.58 Å². The molecule has 1 heterocycles. The normalized spacial score (nSPS) is 10.4. The Bertz CT molecular complexity index is 722. The topological polar surface area (TPSA) is 78.5 Å². The number of rotatable bonds is 3. The highest BCUT2D eigenvalue weighted by Crippen LogP contribution is 2.15. The molecule has 0 amide bonds. The SMILES string of the molecule is C=CCOC(=O)n1c(=O)oc2ccc(C(C)=O)cc21. The number of fused-ring (bicyclic) bond motifs is 1. The molecule has 6 heteroatoms. The van der Waals surface area contributed by atoms with E-state index < -0.39 is 11.8 Å². The zero-order valence-corrected chi connectivity index (χ0v) is 10.2. The Hall–Kier alpha value is -2.63. The van der Waals surface area contributed by atoms with Crippen LogP contribution in [0, 0.1) is 0 Å². The molecule has 0 bridgehead atoms. The van der Waals surface area contributed by atoms with E-state index in [0.29, 0.717) is 5.56 Å². The van der Waals surface area contributed by atoms with Gasteiger partial charge in [-0.25, -0.2) is 9.59 Å². The minimum absolute atomic E-state index is 0.0235. The Kier molecular flexibility index (Phi) is 3.33. The van der Waals surface area contributed by atoms with Crippen molar-refractivity contribution in [2.24, 2.45) is 0 Å². The number of hydrogen-bond donors (Lipinski definition) is 0. The summed E-state index contributed by atoms with van der Waals surface area (Å²) in [6.45, 7) is 4.77. The summed E-state index contributed by atoms with van der Waals surface area (Å²) in [5, 5.41) is 0. The molecular weight excluding hydrogens is 250 g/mol. The second-order valence-electron chi connectivity index (χ2n) is 3.81. The number of nitrogens with zero attached hydrogens (tertiary/aromatic N) is 1. The highest BCUT2D eigenvalue weighted by Gasteiger charge is 2.17. The maximum atomic E-state index is 11.7. The Balaban J connectivity index is 2.58. The number of carbonyl (C=O) groups excluding carboxylic acids is 2.